The van der Waals surface area contributed by atoms with E-state index in [1.165, 1.54) is 32.2 Å². The lowest BCUT2D eigenvalue weighted by Gasteiger charge is -2.15. The second-order valence-electron chi connectivity index (χ2n) is 5.40. The van der Waals surface area contributed by atoms with Crippen molar-refractivity contribution in [2.45, 2.75) is 25.7 Å². The van der Waals surface area contributed by atoms with Gasteiger partial charge in [-0.1, -0.05) is 6.07 Å². The van der Waals surface area contributed by atoms with Crippen LogP contribution in [0.2, 0.25) is 0 Å². The molecule has 0 aliphatic heterocycles. The molecule has 0 radical (unpaired) electrons. The summed E-state index contributed by atoms with van der Waals surface area (Å²) in [7, 11) is -2.39. The summed E-state index contributed by atoms with van der Waals surface area (Å²) in [4.78, 5) is 10.6. The summed E-state index contributed by atoms with van der Waals surface area (Å²) in [6, 6.07) is 7.52. The molecule has 0 unspecified atom stereocenters. The molecule has 0 fully saturated rings. The molecule has 0 atom stereocenters. The summed E-state index contributed by atoms with van der Waals surface area (Å²) < 4.78 is 33.1. The summed E-state index contributed by atoms with van der Waals surface area (Å²) in [5.74, 6) is 0.565. The van der Waals surface area contributed by atoms with Gasteiger partial charge in [0, 0.05) is 6.07 Å². The second kappa shape index (κ2) is 6.48. The molecular formula is C16H18N2O5S. The fourth-order valence-corrected chi connectivity index (χ4v) is 4.16. The van der Waals surface area contributed by atoms with Gasteiger partial charge in [-0.05, 0) is 50.1 Å². The van der Waals surface area contributed by atoms with E-state index in [0.29, 0.717) is 16.9 Å². The number of sulfonamides is 1. The van der Waals surface area contributed by atoms with Gasteiger partial charge >= 0.3 is 0 Å². The highest BCUT2D eigenvalue weighted by Crippen LogP contribution is 2.30. The minimum atomic E-state index is -3.89. The predicted octanol–water partition coefficient (Wildman–Crippen LogP) is 3.33. The van der Waals surface area contributed by atoms with E-state index in [1.807, 2.05) is 0 Å². The number of rotatable bonds is 5. The molecule has 0 heterocycles. The third-order valence-corrected chi connectivity index (χ3v) is 5.35. The lowest BCUT2D eigenvalue weighted by molar-refractivity contribution is -0.385. The van der Waals surface area contributed by atoms with Crippen LogP contribution in [0, 0.1) is 30.9 Å². The molecule has 0 aromatic heterocycles. The van der Waals surface area contributed by atoms with Crippen molar-refractivity contribution in [3.8, 4) is 5.75 Å². The van der Waals surface area contributed by atoms with Crippen LogP contribution < -0.4 is 9.46 Å². The minimum Gasteiger partial charge on any atom is -0.497 e. The Hall–Kier alpha value is -2.61. The van der Waals surface area contributed by atoms with Crippen LogP contribution in [0.1, 0.15) is 16.7 Å². The predicted molar refractivity (Wildman–Crippen MR) is 91.1 cm³/mol. The van der Waals surface area contributed by atoms with E-state index in [4.69, 9.17) is 4.74 Å². The van der Waals surface area contributed by atoms with Crippen LogP contribution in [0.5, 0.6) is 5.75 Å². The number of benzene rings is 2. The van der Waals surface area contributed by atoms with E-state index < -0.39 is 14.9 Å². The van der Waals surface area contributed by atoms with Crippen LogP contribution in [-0.2, 0) is 10.0 Å². The average molecular weight is 350 g/mol. The van der Waals surface area contributed by atoms with Gasteiger partial charge in [0.05, 0.1) is 28.2 Å². The summed E-state index contributed by atoms with van der Waals surface area (Å²) in [6.45, 7) is 4.85. The summed E-state index contributed by atoms with van der Waals surface area (Å²) in [5.41, 5.74) is 1.36. The molecule has 0 saturated carbocycles. The Morgan fingerprint density at radius 3 is 2.21 bits per heavy atom. The third-order valence-electron chi connectivity index (χ3n) is 3.68. The van der Waals surface area contributed by atoms with Crippen LogP contribution >= 0.6 is 0 Å². The highest BCUT2D eigenvalue weighted by atomic mass is 32.2. The maximum Gasteiger partial charge on any atom is 0.274 e. The van der Waals surface area contributed by atoms with Gasteiger partial charge in [0.15, 0.2) is 0 Å². The number of hydrogen-bond donors (Lipinski definition) is 1. The molecule has 2 aromatic rings. The van der Waals surface area contributed by atoms with Crippen molar-refractivity contribution in [1.82, 2.24) is 0 Å². The van der Waals surface area contributed by atoms with Gasteiger partial charge in [-0.3, -0.25) is 14.8 Å². The Labute approximate surface area is 140 Å². The maximum absolute atomic E-state index is 12.8. The first-order valence-electron chi connectivity index (χ1n) is 7.09. The fourth-order valence-electron chi connectivity index (χ4n) is 2.58. The summed E-state index contributed by atoms with van der Waals surface area (Å²) in [5, 5.41) is 11.0. The van der Waals surface area contributed by atoms with Crippen LogP contribution in [-0.4, -0.2) is 20.5 Å². The Bertz CT molecular complexity index is 884. The normalized spacial score (nSPS) is 11.2. The van der Waals surface area contributed by atoms with Gasteiger partial charge in [0.25, 0.3) is 15.7 Å². The largest absolute Gasteiger partial charge is 0.497 e. The Balaban J connectivity index is 2.51. The smallest absolute Gasteiger partial charge is 0.274 e. The third kappa shape index (κ3) is 3.33. The van der Waals surface area contributed by atoms with Crippen molar-refractivity contribution in [1.29, 1.82) is 0 Å². The Kier molecular flexibility index (Phi) is 4.79. The van der Waals surface area contributed by atoms with Crippen LogP contribution in [0.3, 0.4) is 0 Å². The van der Waals surface area contributed by atoms with E-state index in [9.17, 15) is 18.5 Å². The number of hydrogen-bond acceptors (Lipinski definition) is 5. The van der Waals surface area contributed by atoms with Crippen molar-refractivity contribution >= 4 is 21.4 Å². The number of nitro benzene ring substituents is 1. The SMILES string of the molecule is COc1cc(C)c(S(=O)(=O)Nc2cccc([N+](=O)[O-])c2C)c(C)c1. The zero-order valence-corrected chi connectivity index (χ0v) is 14.6. The van der Waals surface area contributed by atoms with Gasteiger partial charge < -0.3 is 4.74 Å². The number of nitrogens with one attached hydrogen (secondary N) is 1. The van der Waals surface area contributed by atoms with Crippen molar-refractivity contribution in [3.05, 3.63) is 57.1 Å². The number of nitrogens with zero attached hydrogens (tertiary/aromatic N) is 1. The molecule has 8 heteroatoms. The van der Waals surface area contributed by atoms with E-state index in [2.05, 4.69) is 4.72 Å². The van der Waals surface area contributed by atoms with E-state index in [1.54, 1.807) is 26.0 Å². The Morgan fingerprint density at radius 2 is 1.71 bits per heavy atom. The molecule has 0 spiro atoms. The van der Waals surface area contributed by atoms with Crippen LogP contribution in [0.15, 0.2) is 35.2 Å². The lowest BCUT2D eigenvalue weighted by Crippen LogP contribution is -2.16. The van der Waals surface area contributed by atoms with Gasteiger partial charge in [0.2, 0.25) is 0 Å². The number of nitro groups is 1. The van der Waals surface area contributed by atoms with Crippen LogP contribution in [0.25, 0.3) is 0 Å². The highest BCUT2D eigenvalue weighted by Gasteiger charge is 2.23. The summed E-state index contributed by atoms with van der Waals surface area (Å²) >= 11 is 0. The topological polar surface area (TPSA) is 98.5 Å². The van der Waals surface area contributed by atoms with Crippen molar-refractivity contribution in [2.75, 3.05) is 11.8 Å². The quantitative estimate of drug-likeness (QED) is 0.659. The van der Waals surface area contributed by atoms with Crippen LogP contribution in [0.4, 0.5) is 11.4 Å². The first-order valence-corrected chi connectivity index (χ1v) is 8.57. The van der Waals surface area contributed by atoms with Crippen molar-refractivity contribution in [3.63, 3.8) is 0 Å². The molecule has 0 aliphatic rings. The zero-order valence-electron chi connectivity index (χ0n) is 13.8. The first-order chi connectivity index (χ1) is 11.2. The molecule has 0 amide bonds. The molecule has 1 N–H and O–H groups in total. The molecule has 24 heavy (non-hydrogen) atoms. The van der Waals surface area contributed by atoms with Crippen molar-refractivity contribution < 1.29 is 18.1 Å². The number of aryl methyl sites for hydroxylation is 2. The van der Waals surface area contributed by atoms with E-state index in [0.717, 1.165) is 0 Å². The van der Waals surface area contributed by atoms with Crippen molar-refractivity contribution in [2.24, 2.45) is 0 Å². The standard InChI is InChI=1S/C16H18N2O5S/c1-10-8-13(23-4)9-11(2)16(10)24(21,22)17-14-6-5-7-15(12(14)3)18(19)20/h5-9,17H,1-4H3. The monoisotopic (exact) mass is 350 g/mol. The first kappa shape index (κ1) is 17.7. The second-order valence-corrected chi connectivity index (χ2v) is 7.02. The molecule has 2 aromatic carbocycles. The highest BCUT2D eigenvalue weighted by molar-refractivity contribution is 7.92. The van der Waals surface area contributed by atoms with Gasteiger partial charge in [-0.25, -0.2) is 8.42 Å². The fraction of sp³-hybridized carbons (Fsp3) is 0.250. The van der Waals surface area contributed by atoms with E-state index in [-0.39, 0.29) is 21.8 Å². The molecular weight excluding hydrogens is 332 g/mol. The average Bonchev–Trinajstić information content (AvgIpc) is 2.47. The summed E-state index contributed by atoms with van der Waals surface area (Å²) in [6.07, 6.45) is 0. The maximum atomic E-state index is 12.8. The molecule has 128 valence electrons. The lowest BCUT2D eigenvalue weighted by atomic mass is 10.1. The molecule has 2 rings (SSSR count). The number of ether oxygens (including phenoxy) is 1. The number of methoxy groups -OCH3 is 1. The molecule has 0 saturated heterocycles. The van der Waals surface area contributed by atoms with Gasteiger partial charge in [-0.2, -0.15) is 0 Å². The molecule has 0 aliphatic carbocycles. The zero-order chi connectivity index (χ0) is 18.1. The Morgan fingerprint density at radius 1 is 1.12 bits per heavy atom. The molecule has 0 bridgehead atoms. The molecule has 7 nitrogen and oxygen atoms in total. The van der Waals surface area contributed by atoms with Gasteiger partial charge in [0.1, 0.15) is 5.75 Å². The minimum absolute atomic E-state index is 0.134. The number of anilines is 1. The van der Waals surface area contributed by atoms with E-state index >= 15 is 0 Å². The van der Waals surface area contributed by atoms with Gasteiger partial charge in [-0.15, -0.1) is 0 Å².